The molecule has 4 amide bonds. The highest BCUT2D eigenvalue weighted by Gasteiger charge is 2.61. The summed E-state index contributed by atoms with van der Waals surface area (Å²) < 4.78 is 23.4. The number of fused-ring (bicyclic) bond motifs is 2. The van der Waals surface area contributed by atoms with Crippen molar-refractivity contribution in [2.45, 2.75) is 122 Å². The number of amides is 4. The SMILES string of the molecule is CC[C@@H]1C[C@]1(NC(=O)[C@@H]1C[C@@H](Oc2cc(-c3cccc(NC(=O)OC(C)(C)C)n3)nc3c(Cl)c(OC)ccc23)CN1C(=O)[C@@H](NC(=O)OC1C[C@@H]2C[C@@H]2C1)C(C)(C)C)C(=O)O. The Bertz CT molecular complexity index is 2230. The monoisotopic (exact) mass is 862 g/mol. The number of halogens is 1. The Labute approximate surface area is 359 Å². The van der Waals surface area contributed by atoms with Crippen LogP contribution in [0.2, 0.25) is 5.02 Å². The highest BCUT2D eigenvalue weighted by atomic mass is 35.5. The Balaban J connectivity index is 1.20. The van der Waals surface area contributed by atoms with E-state index in [4.69, 9.17) is 35.5 Å². The molecule has 0 bridgehead atoms. The van der Waals surface area contributed by atoms with Gasteiger partial charge in [0.15, 0.2) is 0 Å². The van der Waals surface area contributed by atoms with Gasteiger partial charge in [-0.3, -0.25) is 14.9 Å². The normalized spacial score (nSPS) is 25.8. The van der Waals surface area contributed by atoms with Crippen molar-refractivity contribution >= 4 is 58.3 Å². The Kier molecular flexibility index (Phi) is 11.8. The zero-order valence-corrected chi connectivity index (χ0v) is 36.6. The van der Waals surface area contributed by atoms with E-state index in [1.165, 1.54) is 12.0 Å². The summed E-state index contributed by atoms with van der Waals surface area (Å²) in [6, 6.07) is 7.80. The van der Waals surface area contributed by atoms with E-state index >= 15 is 0 Å². The van der Waals surface area contributed by atoms with Crippen molar-refractivity contribution in [2.24, 2.45) is 23.2 Å². The fourth-order valence-electron chi connectivity index (χ4n) is 8.67. The van der Waals surface area contributed by atoms with Gasteiger partial charge in [0, 0.05) is 17.9 Å². The number of rotatable bonds is 12. The van der Waals surface area contributed by atoms with Gasteiger partial charge in [0.25, 0.3) is 0 Å². The van der Waals surface area contributed by atoms with Gasteiger partial charge >= 0.3 is 18.2 Å². The molecule has 16 nitrogen and oxygen atoms in total. The number of alkyl carbamates (subject to hydrolysis) is 1. The average Bonchev–Trinajstić information content (AvgIpc) is 3.99. The smallest absolute Gasteiger partial charge is 0.413 e. The number of carboxylic acids is 1. The quantitative estimate of drug-likeness (QED) is 0.146. The Hall–Kier alpha value is -5.38. The molecule has 328 valence electrons. The molecule has 4 N–H and O–H groups in total. The molecule has 4 aliphatic rings. The summed E-state index contributed by atoms with van der Waals surface area (Å²) in [5, 5.41) is 19.1. The topological polar surface area (TPSA) is 208 Å². The first-order valence-electron chi connectivity index (χ1n) is 20.8. The number of aromatic nitrogens is 2. The summed E-state index contributed by atoms with van der Waals surface area (Å²) in [5.74, 6) is -0.544. The third kappa shape index (κ3) is 9.43. The lowest BCUT2D eigenvalue weighted by Gasteiger charge is -2.35. The lowest BCUT2D eigenvalue weighted by molar-refractivity contribution is -0.146. The third-order valence-corrected chi connectivity index (χ3v) is 12.4. The number of benzene rings is 1. The molecular formula is C44H55ClN6O10. The van der Waals surface area contributed by atoms with Gasteiger partial charge in [0.05, 0.1) is 30.6 Å². The maximum Gasteiger partial charge on any atom is 0.413 e. The first-order chi connectivity index (χ1) is 28.7. The van der Waals surface area contributed by atoms with Gasteiger partial charge < -0.3 is 39.6 Å². The maximum absolute atomic E-state index is 14.7. The molecule has 8 atom stereocenters. The largest absolute Gasteiger partial charge is 0.495 e. The van der Waals surface area contributed by atoms with Crippen molar-refractivity contribution in [2.75, 3.05) is 19.0 Å². The van der Waals surface area contributed by atoms with Crippen LogP contribution in [-0.4, -0.2) is 99.0 Å². The summed E-state index contributed by atoms with van der Waals surface area (Å²) >= 11 is 6.84. The van der Waals surface area contributed by atoms with Gasteiger partial charge in [-0.25, -0.2) is 24.4 Å². The lowest BCUT2D eigenvalue weighted by atomic mass is 9.85. The minimum atomic E-state index is -1.45. The van der Waals surface area contributed by atoms with E-state index in [0.717, 1.165) is 19.3 Å². The van der Waals surface area contributed by atoms with Crippen LogP contribution in [0.4, 0.5) is 15.4 Å². The fourth-order valence-corrected chi connectivity index (χ4v) is 8.96. The third-order valence-electron chi connectivity index (χ3n) is 12.0. The molecule has 3 heterocycles. The van der Waals surface area contributed by atoms with E-state index in [1.54, 1.807) is 57.2 Å². The molecule has 1 saturated heterocycles. The Morgan fingerprint density at radius 1 is 0.934 bits per heavy atom. The van der Waals surface area contributed by atoms with Crippen LogP contribution >= 0.6 is 11.6 Å². The summed E-state index contributed by atoms with van der Waals surface area (Å²) in [6.45, 7) is 12.5. The molecule has 2 aromatic heterocycles. The zero-order valence-electron chi connectivity index (χ0n) is 35.8. The molecule has 7 rings (SSSR count). The van der Waals surface area contributed by atoms with Crippen LogP contribution in [0.1, 0.15) is 87.0 Å². The molecule has 4 fully saturated rings. The summed E-state index contributed by atoms with van der Waals surface area (Å²) in [5.41, 5.74) is -2.00. The molecule has 3 saturated carbocycles. The minimum Gasteiger partial charge on any atom is -0.495 e. The highest BCUT2D eigenvalue weighted by molar-refractivity contribution is 6.36. The second kappa shape index (κ2) is 16.5. The van der Waals surface area contributed by atoms with E-state index in [-0.39, 0.29) is 42.2 Å². The van der Waals surface area contributed by atoms with E-state index in [1.807, 2.05) is 27.7 Å². The lowest BCUT2D eigenvalue weighted by Crippen LogP contribution is -2.59. The number of nitrogens with one attached hydrogen (secondary N) is 3. The Morgan fingerprint density at radius 3 is 2.28 bits per heavy atom. The molecule has 1 aromatic carbocycles. The van der Waals surface area contributed by atoms with E-state index in [9.17, 15) is 29.1 Å². The summed E-state index contributed by atoms with van der Waals surface area (Å²) in [6.07, 6.45) is 1.16. The fraction of sp³-hybridized carbons (Fsp3) is 0.568. The number of carbonyl (C=O) groups excluding carboxylic acids is 4. The van der Waals surface area contributed by atoms with Gasteiger partial charge in [-0.15, -0.1) is 0 Å². The molecule has 0 spiro atoms. The summed E-state index contributed by atoms with van der Waals surface area (Å²) in [4.78, 5) is 78.2. The second-order valence-corrected chi connectivity index (χ2v) is 19.2. The van der Waals surface area contributed by atoms with Crippen molar-refractivity contribution < 1.29 is 48.0 Å². The predicted octanol–water partition coefficient (Wildman–Crippen LogP) is 6.96. The van der Waals surface area contributed by atoms with E-state index in [2.05, 4.69) is 20.9 Å². The maximum atomic E-state index is 14.7. The Morgan fingerprint density at radius 2 is 1.66 bits per heavy atom. The van der Waals surface area contributed by atoms with E-state index in [0.29, 0.717) is 52.0 Å². The number of aliphatic carboxylic acids is 1. The molecule has 61 heavy (non-hydrogen) atoms. The molecule has 1 aliphatic heterocycles. The van der Waals surface area contributed by atoms with Crippen LogP contribution in [0.15, 0.2) is 36.4 Å². The molecular weight excluding hydrogens is 808 g/mol. The number of nitrogens with zero attached hydrogens (tertiary/aromatic N) is 3. The van der Waals surface area contributed by atoms with Gasteiger partial charge in [0.1, 0.15) is 57.8 Å². The minimum absolute atomic E-state index is 0.00714. The number of anilines is 1. The standard InChI is InChI=1S/C44H55ClN6O10/c1-9-24-20-44(24,39(54)55)50-37(52)30-18-26(21-51(30)38(53)36(42(2,3)4)49-40(56)60-25-16-22-15-23(22)17-25)59-32-19-29(47-35-27(32)13-14-31(58-8)34(35)45)28-11-10-12-33(46-28)48-41(57)61-43(5,6)7/h10-14,19,22-26,30,36H,9,15-18,20-21H2,1-8H3,(H,49,56)(H,50,52)(H,54,55)(H,46,48,57)/t22-,23+,24-,25?,26-,30+,36-,44-/m1/s1. The second-order valence-electron chi connectivity index (χ2n) is 18.8. The van der Waals surface area contributed by atoms with Crippen molar-refractivity contribution in [3.05, 3.63) is 41.4 Å². The van der Waals surface area contributed by atoms with Crippen LogP contribution in [0.5, 0.6) is 11.5 Å². The first-order valence-corrected chi connectivity index (χ1v) is 21.2. The number of methoxy groups -OCH3 is 1. The number of hydrogen-bond donors (Lipinski definition) is 4. The number of hydrogen-bond acceptors (Lipinski definition) is 11. The molecule has 1 unspecified atom stereocenters. The van der Waals surface area contributed by atoms with E-state index < -0.39 is 64.7 Å². The number of carbonyl (C=O) groups is 5. The van der Waals surface area contributed by atoms with Crippen LogP contribution < -0.4 is 25.4 Å². The van der Waals surface area contributed by atoms with Gasteiger partial charge in [-0.2, -0.15) is 0 Å². The van der Waals surface area contributed by atoms with Crippen LogP contribution in [0, 0.1) is 23.2 Å². The van der Waals surface area contributed by atoms with Gasteiger partial charge in [-0.1, -0.05) is 51.8 Å². The molecule has 17 heteroatoms. The number of likely N-dealkylation sites (tertiary alicyclic amines) is 1. The first kappa shape index (κ1) is 43.7. The number of carboxylic acid groups (broad SMARTS) is 1. The van der Waals surface area contributed by atoms with Crippen LogP contribution in [-0.2, 0) is 23.9 Å². The molecule has 3 aromatic rings. The van der Waals surface area contributed by atoms with Crippen molar-refractivity contribution in [1.29, 1.82) is 0 Å². The number of pyridine rings is 2. The van der Waals surface area contributed by atoms with Crippen LogP contribution in [0.3, 0.4) is 0 Å². The molecule has 0 radical (unpaired) electrons. The van der Waals surface area contributed by atoms with Crippen LogP contribution in [0.25, 0.3) is 22.3 Å². The average molecular weight is 863 g/mol. The van der Waals surface area contributed by atoms with Crippen molar-refractivity contribution in [3.63, 3.8) is 0 Å². The number of ether oxygens (including phenoxy) is 4. The predicted molar refractivity (Wildman–Crippen MR) is 225 cm³/mol. The van der Waals surface area contributed by atoms with Crippen molar-refractivity contribution in [3.8, 4) is 22.9 Å². The van der Waals surface area contributed by atoms with Gasteiger partial charge in [0.2, 0.25) is 11.8 Å². The zero-order chi connectivity index (χ0) is 44.2. The summed E-state index contributed by atoms with van der Waals surface area (Å²) in [7, 11) is 1.48. The van der Waals surface area contributed by atoms with Gasteiger partial charge in [-0.05, 0) is 93.9 Å². The molecule has 3 aliphatic carbocycles. The van der Waals surface area contributed by atoms with Crippen molar-refractivity contribution in [1.82, 2.24) is 25.5 Å². The highest BCUT2D eigenvalue weighted by Crippen LogP contribution is 2.52.